The highest BCUT2D eigenvalue weighted by molar-refractivity contribution is 7.18. The highest BCUT2D eigenvalue weighted by Crippen LogP contribution is 2.34. The first-order valence-corrected chi connectivity index (χ1v) is 12.7. The number of benzene rings is 2. The highest BCUT2D eigenvalue weighted by atomic mass is 35.5. The molecule has 0 atom stereocenters. The maximum absolute atomic E-state index is 13.7. The van der Waals surface area contributed by atoms with Crippen molar-refractivity contribution in [2.45, 2.75) is 32.2 Å². The molecule has 2 aromatic carbocycles. The first-order chi connectivity index (χ1) is 17.4. The van der Waals surface area contributed by atoms with Crippen LogP contribution in [0.25, 0.3) is 15.9 Å². The Hall–Kier alpha value is -3.56. The van der Waals surface area contributed by atoms with Crippen molar-refractivity contribution in [2.75, 3.05) is 19.5 Å². The molecule has 0 aliphatic heterocycles. The number of aryl methyl sites for hydroxylation is 2. The number of thiophene rings is 1. The summed E-state index contributed by atoms with van der Waals surface area (Å²) >= 11 is 7.46. The molecule has 2 heterocycles. The van der Waals surface area contributed by atoms with E-state index in [4.69, 9.17) is 21.1 Å². The summed E-state index contributed by atoms with van der Waals surface area (Å²) in [6.07, 6.45) is 3.65. The van der Waals surface area contributed by atoms with Crippen molar-refractivity contribution in [3.8, 4) is 17.2 Å². The number of amides is 1. The van der Waals surface area contributed by atoms with Gasteiger partial charge in [-0.1, -0.05) is 11.6 Å². The lowest BCUT2D eigenvalue weighted by molar-refractivity contribution is -0.116. The van der Waals surface area contributed by atoms with Crippen molar-refractivity contribution in [3.63, 3.8) is 0 Å². The Morgan fingerprint density at radius 3 is 2.53 bits per heavy atom. The summed E-state index contributed by atoms with van der Waals surface area (Å²) in [5, 5.41) is 3.82. The zero-order valence-corrected chi connectivity index (χ0v) is 21.4. The molecule has 36 heavy (non-hydrogen) atoms. The van der Waals surface area contributed by atoms with Crippen LogP contribution in [0.5, 0.6) is 11.5 Å². The number of methoxy groups -OCH3 is 2. The van der Waals surface area contributed by atoms with Crippen LogP contribution in [0.4, 0.5) is 5.69 Å². The standard InChI is InChI=1S/C26H24ClN3O5S/c1-34-17-11-12-19(20(13-17)35-2)28-22(31)14-29-25-23(18-5-3-4-6-21(18)36-25)24(32)30(26(29)33)16-9-7-15(27)8-10-16/h7-13H,3-6,14H2,1-2H3,(H,28,31). The third-order valence-electron chi connectivity index (χ3n) is 6.31. The number of fused-ring (bicyclic) bond motifs is 3. The molecule has 1 N–H and O–H groups in total. The highest BCUT2D eigenvalue weighted by Gasteiger charge is 2.25. The number of hydrogen-bond acceptors (Lipinski definition) is 6. The third-order valence-corrected chi connectivity index (χ3v) is 7.87. The van der Waals surface area contributed by atoms with E-state index in [1.165, 1.54) is 23.0 Å². The lowest BCUT2D eigenvalue weighted by Gasteiger charge is -2.15. The Morgan fingerprint density at radius 2 is 1.81 bits per heavy atom. The number of carbonyl (C=O) groups is 1. The zero-order valence-electron chi connectivity index (χ0n) is 19.8. The van der Waals surface area contributed by atoms with Crippen molar-refractivity contribution >= 4 is 44.7 Å². The Labute approximate surface area is 215 Å². The van der Waals surface area contributed by atoms with Crippen LogP contribution in [-0.4, -0.2) is 29.3 Å². The Bertz CT molecular complexity index is 1590. The second-order valence-electron chi connectivity index (χ2n) is 8.49. The smallest absolute Gasteiger partial charge is 0.337 e. The second kappa shape index (κ2) is 9.83. The number of halogens is 1. The van der Waals surface area contributed by atoms with Gasteiger partial charge in [0.05, 0.1) is 31.0 Å². The van der Waals surface area contributed by atoms with Gasteiger partial charge in [0.1, 0.15) is 22.9 Å². The van der Waals surface area contributed by atoms with Crippen LogP contribution in [0.1, 0.15) is 23.3 Å². The first kappa shape index (κ1) is 24.1. The minimum Gasteiger partial charge on any atom is -0.497 e. The number of anilines is 1. The molecule has 0 radical (unpaired) electrons. The minimum atomic E-state index is -0.578. The van der Waals surface area contributed by atoms with Gasteiger partial charge in [0, 0.05) is 16.0 Å². The molecule has 8 nitrogen and oxygen atoms in total. The average molecular weight is 526 g/mol. The molecule has 0 unspecified atom stereocenters. The average Bonchev–Trinajstić information content (AvgIpc) is 3.28. The lowest BCUT2D eigenvalue weighted by Crippen LogP contribution is -2.40. The van der Waals surface area contributed by atoms with Gasteiger partial charge >= 0.3 is 5.69 Å². The topological polar surface area (TPSA) is 91.6 Å². The maximum atomic E-state index is 13.7. The maximum Gasteiger partial charge on any atom is 0.337 e. The van der Waals surface area contributed by atoms with E-state index in [1.807, 2.05) is 0 Å². The summed E-state index contributed by atoms with van der Waals surface area (Å²) < 4.78 is 13.1. The first-order valence-electron chi connectivity index (χ1n) is 11.5. The minimum absolute atomic E-state index is 0.266. The fraction of sp³-hybridized carbons (Fsp3) is 0.269. The Morgan fingerprint density at radius 1 is 1.06 bits per heavy atom. The van der Waals surface area contributed by atoms with Crippen LogP contribution in [0.2, 0.25) is 5.02 Å². The van der Waals surface area contributed by atoms with Gasteiger partial charge in [0.25, 0.3) is 5.56 Å². The molecule has 4 aromatic rings. The van der Waals surface area contributed by atoms with Crippen molar-refractivity contribution in [2.24, 2.45) is 0 Å². The van der Waals surface area contributed by atoms with Crippen LogP contribution in [0.15, 0.2) is 52.1 Å². The van der Waals surface area contributed by atoms with Crippen LogP contribution in [0, 0.1) is 0 Å². The SMILES string of the molecule is COc1ccc(NC(=O)Cn2c(=O)n(-c3ccc(Cl)cc3)c(=O)c3c4c(sc32)CCCC4)c(OC)c1. The molecule has 0 bridgehead atoms. The molecule has 186 valence electrons. The summed E-state index contributed by atoms with van der Waals surface area (Å²) in [5.74, 6) is 0.592. The number of carbonyl (C=O) groups excluding carboxylic acids is 1. The monoisotopic (exact) mass is 525 g/mol. The molecule has 0 saturated heterocycles. The molecule has 10 heteroatoms. The normalized spacial score (nSPS) is 12.9. The molecule has 0 saturated carbocycles. The largest absolute Gasteiger partial charge is 0.497 e. The number of hydrogen-bond donors (Lipinski definition) is 1. The van der Waals surface area contributed by atoms with Crippen LogP contribution in [-0.2, 0) is 24.2 Å². The number of nitrogens with one attached hydrogen (secondary N) is 1. The van der Waals surface area contributed by atoms with Gasteiger partial charge in [-0.25, -0.2) is 9.36 Å². The predicted octanol–water partition coefficient (Wildman–Crippen LogP) is 4.40. The fourth-order valence-electron chi connectivity index (χ4n) is 4.56. The second-order valence-corrected chi connectivity index (χ2v) is 10.0. The van der Waals surface area contributed by atoms with Crippen molar-refractivity contribution < 1.29 is 14.3 Å². The Balaban J connectivity index is 1.63. The molecular weight excluding hydrogens is 502 g/mol. The van der Waals surface area contributed by atoms with E-state index in [1.54, 1.807) is 49.6 Å². The predicted molar refractivity (Wildman–Crippen MR) is 142 cm³/mol. The van der Waals surface area contributed by atoms with Crippen molar-refractivity contribution in [1.29, 1.82) is 0 Å². The summed E-state index contributed by atoms with van der Waals surface area (Å²) in [5.41, 5.74) is 0.887. The van der Waals surface area contributed by atoms with Crippen LogP contribution in [0.3, 0.4) is 0 Å². The van der Waals surface area contributed by atoms with E-state index in [0.717, 1.165) is 40.7 Å². The quantitative estimate of drug-likeness (QED) is 0.403. The summed E-state index contributed by atoms with van der Waals surface area (Å²) in [4.78, 5) is 42.1. The van der Waals surface area contributed by atoms with E-state index in [9.17, 15) is 14.4 Å². The van der Waals surface area contributed by atoms with E-state index < -0.39 is 11.6 Å². The van der Waals surface area contributed by atoms with Crippen LogP contribution >= 0.6 is 22.9 Å². The summed E-state index contributed by atoms with van der Waals surface area (Å²) in [6, 6.07) is 11.5. The molecule has 0 spiro atoms. The number of rotatable bonds is 6. The summed E-state index contributed by atoms with van der Waals surface area (Å²) in [7, 11) is 3.04. The van der Waals surface area contributed by atoms with Crippen molar-refractivity contribution in [1.82, 2.24) is 9.13 Å². The Kier molecular flexibility index (Phi) is 6.59. The van der Waals surface area contributed by atoms with E-state index in [-0.39, 0.29) is 12.1 Å². The zero-order chi connectivity index (χ0) is 25.4. The number of ether oxygens (including phenoxy) is 2. The summed E-state index contributed by atoms with van der Waals surface area (Å²) in [6.45, 7) is -0.266. The molecule has 1 amide bonds. The lowest BCUT2D eigenvalue weighted by atomic mass is 9.97. The van der Waals surface area contributed by atoms with Gasteiger partial charge in [0.2, 0.25) is 5.91 Å². The molecule has 1 aliphatic rings. The van der Waals surface area contributed by atoms with Gasteiger partial charge < -0.3 is 14.8 Å². The van der Waals surface area contributed by atoms with E-state index in [0.29, 0.717) is 38.1 Å². The number of nitrogens with zero attached hydrogens (tertiary/aromatic N) is 2. The molecule has 2 aromatic heterocycles. The van der Waals surface area contributed by atoms with E-state index in [2.05, 4.69) is 5.32 Å². The molecular formula is C26H24ClN3O5S. The molecule has 5 rings (SSSR count). The van der Waals surface area contributed by atoms with Crippen molar-refractivity contribution in [3.05, 3.63) is 78.8 Å². The molecule has 1 aliphatic carbocycles. The van der Waals surface area contributed by atoms with Gasteiger partial charge in [-0.15, -0.1) is 11.3 Å². The van der Waals surface area contributed by atoms with E-state index >= 15 is 0 Å². The van der Waals surface area contributed by atoms with Gasteiger partial charge in [-0.3, -0.25) is 14.2 Å². The fourth-order valence-corrected chi connectivity index (χ4v) is 6.06. The number of aromatic nitrogens is 2. The van der Waals surface area contributed by atoms with Gasteiger partial charge in [-0.2, -0.15) is 0 Å². The molecule has 0 fully saturated rings. The third kappa shape index (κ3) is 4.29. The van der Waals surface area contributed by atoms with Gasteiger partial charge in [-0.05, 0) is 67.6 Å². The van der Waals surface area contributed by atoms with Gasteiger partial charge in [0.15, 0.2) is 0 Å². The van der Waals surface area contributed by atoms with Crippen LogP contribution < -0.4 is 26.0 Å².